The van der Waals surface area contributed by atoms with Gasteiger partial charge in [-0.1, -0.05) is 25.4 Å². The highest BCUT2D eigenvalue weighted by molar-refractivity contribution is 6.41. The van der Waals surface area contributed by atoms with Crippen molar-refractivity contribution >= 4 is 52.5 Å². The van der Waals surface area contributed by atoms with Crippen LogP contribution in [0.2, 0.25) is 5.15 Å². The van der Waals surface area contributed by atoms with E-state index in [0.29, 0.717) is 28.9 Å². The molecule has 3 rings (SSSR count). The molecule has 3 heterocycles. The maximum Gasteiger partial charge on any atom is 0.260 e. The first-order chi connectivity index (χ1) is 17.2. The maximum atomic E-state index is 13.4. The van der Waals surface area contributed by atoms with Gasteiger partial charge in [0.25, 0.3) is 11.8 Å². The molecule has 0 atom stereocenters. The maximum absolute atomic E-state index is 13.4. The van der Waals surface area contributed by atoms with E-state index in [1.807, 2.05) is 14.0 Å². The third-order valence-corrected chi connectivity index (χ3v) is 6.28. The summed E-state index contributed by atoms with van der Waals surface area (Å²) in [6.45, 7) is 9.11. The van der Waals surface area contributed by atoms with Crippen molar-refractivity contribution in [2.24, 2.45) is 0 Å². The highest BCUT2D eigenvalue weighted by Crippen LogP contribution is 2.40. The van der Waals surface area contributed by atoms with Gasteiger partial charge in [-0.2, -0.15) is 4.98 Å². The third kappa shape index (κ3) is 5.81. The van der Waals surface area contributed by atoms with Gasteiger partial charge in [0.05, 0.1) is 42.2 Å². The van der Waals surface area contributed by atoms with Crippen LogP contribution in [0.15, 0.2) is 18.5 Å². The number of rotatable bonds is 11. The van der Waals surface area contributed by atoms with Crippen LogP contribution in [0.1, 0.15) is 41.0 Å². The molecule has 2 aromatic heterocycles. The molecule has 0 radical (unpaired) electrons. The van der Waals surface area contributed by atoms with Crippen molar-refractivity contribution < 1.29 is 14.9 Å². The number of carbonyl (C=O) groups is 2. The Morgan fingerprint density at radius 2 is 2.08 bits per heavy atom. The fourth-order valence-corrected chi connectivity index (χ4v) is 4.21. The van der Waals surface area contributed by atoms with Crippen LogP contribution in [0, 0.1) is 12.3 Å². The Bertz CT molecular complexity index is 1210. The summed E-state index contributed by atoms with van der Waals surface area (Å²) in [6.07, 6.45) is 6.57. The average molecular weight is 515 g/mol. The van der Waals surface area contributed by atoms with E-state index in [-0.39, 0.29) is 46.6 Å². The largest absolute Gasteiger partial charge is 0.368 e. The number of anilines is 2. The van der Waals surface area contributed by atoms with Gasteiger partial charge in [-0.3, -0.25) is 14.5 Å². The molecule has 0 unspecified atom stereocenters. The molecular formula is C24H33ClN9O2+. The van der Waals surface area contributed by atoms with Gasteiger partial charge in [-0.05, 0) is 31.7 Å². The van der Waals surface area contributed by atoms with E-state index in [1.54, 1.807) is 29.9 Å². The zero-order valence-corrected chi connectivity index (χ0v) is 21.7. The smallest absolute Gasteiger partial charge is 0.260 e. The molecule has 0 bridgehead atoms. The molecule has 1 aliphatic heterocycles. The van der Waals surface area contributed by atoms with Gasteiger partial charge in [0.1, 0.15) is 5.15 Å². The molecule has 12 heteroatoms. The number of likely N-dealkylation sites (N-methyl/N-ethyl adjacent to an activating group) is 1. The lowest BCUT2D eigenvalue weighted by molar-refractivity contribution is -0.556. The molecule has 0 saturated carbocycles. The van der Waals surface area contributed by atoms with Crippen molar-refractivity contribution in [2.45, 2.75) is 20.8 Å². The Morgan fingerprint density at radius 3 is 2.75 bits per heavy atom. The molecule has 0 aromatic carbocycles. The number of H-pyrrole nitrogens is 1. The van der Waals surface area contributed by atoms with Crippen LogP contribution < -0.4 is 21.3 Å². The van der Waals surface area contributed by atoms with Crippen molar-refractivity contribution in [3.05, 3.63) is 46.0 Å². The highest BCUT2D eigenvalue weighted by atomic mass is 35.5. The van der Waals surface area contributed by atoms with Crippen LogP contribution in [-0.4, -0.2) is 77.1 Å². The van der Waals surface area contributed by atoms with Gasteiger partial charge in [0, 0.05) is 31.1 Å². The first-order valence-corrected chi connectivity index (χ1v) is 12.2. The number of nitrogen functional groups attached to an aromatic ring is 1. The van der Waals surface area contributed by atoms with E-state index in [4.69, 9.17) is 22.7 Å². The van der Waals surface area contributed by atoms with E-state index in [0.717, 1.165) is 19.6 Å². The number of nitrogens with two attached hydrogens (primary N) is 2. The van der Waals surface area contributed by atoms with Gasteiger partial charge in [0.2, 0.25) is 5.95 Å². The Hall–Kier alpha value is -3.54. The van der Waals surface area contributed by atoms with E-state index < -0.39 is 0 Å². The van der Waals surface area contributed by atoms with Gasteiger partial charge in [-0.15, -0.1) is 0 Å². The molecule has 7 N–H and O–H groups in total. The lowest BCUT2D eigenvalue weighted by Gasteiger charge is -2.17. The van der Waals surface area contributed by atoms with Gasteiger partial charge < -0.3 is 31.7 Å². The predicted octanol–water partition coefficient (Wildman–Crippen LogP) is 1.03. The molecular weight excluding hydrogens is 482 g/mol. The number of nitrogens with one attached hydrogen (secondary N) is 3. The lowest BCUT2D eigenvalue weighted by Crippen LogP contribution is -2.72. The SMILES string of the molecule is CCN(CC)CCNC(=O)c1c[nH]c(/C=C2\C(=O)N(CC(=N)/C=C\[NH2+]C)c3nc(N)nc(Cl)c32)c1C. The summed E-state index contributed by atoms with van der Waals surface area (Å²) in [6, 6.07) is 0. The van der Waals surface area contributed by atoms with Crippen LogP contribution >= 0.6 is 11.6 Å². The van der Waals surface area contributed by atoms with Crippen molar-refractivity contribution in [3.63, 3.8) is 0 Å². The number of aromatic nitrogens is 3. The van der Waals surface area contributed by atoms with Gasteiger partial charge >= 0.3 is 0 Å². The average Bonchev–Trinajstić information content (AvgIpc) is 3.33. The monoisotopic (exact) mass is 514 g/mol. The summed E-state index contributed by atoms with van der Waals surface area (Å²) in [5.74, 6) is -0.394. The summed E-state index contributed by atoms with van der Waals surface area (Å²) in [5.41, 5.74) is 8.37. The first-order valence-electron chi connectivity index (χ1n) is 11.8. The topological polar surface area (TPSA) is 161 Å². The van der Waals surface area contributed by atoms with E-state index >= 15 is 0 Å². The molecule has 0 fully saturated rings. The predicted molar refractivity (Wildman–Crippen MR) is 142 cm³/mol. The first kappa shape index (κ1) is 27.1. The van der Waals surface area contributed by atoms with Gasteiger partial charge in [0.15, 0.2) is 5.82 Å². The zero-order valence-electron chi connectivity index (χ0n) is 21.0. The number of fused-ring (bicyclic) bond motifs is 1. The normalized spacial score (nSPS) is 14.3. The Kier molecular flexibility index (Phi) is 8.97. The van der Waals surface area contributed by atoms with Gasteiger partial charge in [-0.25, -0.2) is 4.98 Å². The molecule has 36 heavy (non-hydrogen) atoms. The third-order valence-electron chi connectivity index (χ3n) is 6.00. The number of carbonyl (C=O) groups excluding carboxylic acids is 2. The Labute approximate surface area is 215 Å². The molecule has 2 amide bonds. The molecule has 0 aliphatic carbocycles. The summed E-state index contributed by atoms with van der Waals surface area (Å²) < 4.78 is 0. The van der Waals surface area contributed by atoms with Crippen LogP contribution in [0.4, 0.5) is 11.8 Å². The molecule has 192 valence electrons. The zero-order chi connectivity index (χ0) is 26.4. The standard InChI is InChI=1S/C24H32ClN9O2/c1-5-33(6-2)10-9-29-22(35)17-12-30-18(14(17)3)11-16-19-20(25)31-24(27)32-21(19)34(23(16)36)13-15(26)7-8-28-4/h7-8,11-12,26,28,30H,5-6,9-10,13H2,1-4H3,(H,29,35)(H2,27,31,32)/p+1/b8-7-,16-11-,26-15?. The number of aromatic amines is 1. The summed E-state index contributed by atoms with van der Waals surface area (Å²) in [5, 5.41) is 13.0. The van der Waals surface area contributed by atoms with E-state index in [9.17, 15) is 9.59 Å². The van der Waals surface area contributed by atoms with Crippen LogP contribution in [0.25, 0.3) is 11.6 Å². The second kappa shape index (κ2) is 11.9. The number of halogens is 1. The van der Waals surface area contributed by atoms with E-state index in [2.05, 4.69) is 39.0 Å². The molecule has 0 spiro atoms. The minimum Gasteiger partial charge on any atom is -0.368 e. The van der Waals surface area contributed by atoms with E-state index in [1.165, 1.54) is 4.90 Å². The Balaban J connectivity index is 1.90. The summed E-state index contributed by atoms with van der Waals surface area (Å²) in [7, 11) is 1.84. The molecule has 2 aromatic rings. The lowest BCUT2D eigenvalue weighted by atomic mass is 10.1. The summed E-state index contributed by atoms with van der Waals surface area (Å²) in [4.78, 5) is 41.1. The molecule has 11 nitrogen and oxygen atoms in total. The van der Waals surface area contributed by atoms with Crippen molar-refractivity contribution in [2.75, 3.05) is 50.4 Å². The quantitative estimate of drug-likeness (QED) is 0.171. The number of quaternary nitrogens is 1. The fraction of sp³-hybridized carbons (Fsp3) is 0.375. The van der Waals surface area contributed by atoms with Crippen LogP contribution in [-0.2, 0) is 4.79 Å². The highest BCUT2D eigenvalue weighted by Gasteiger charge is 2.37. The van der Waals surface area contributed by atoms with Crippen LogP contribution in [0.3, 0.4) is 0 Å². The number of hydrogen-bond donors (Lipinski definition) is 5. The van der Waals surface area contributed by atoms with Crippen molar-refractivity contribution in [1.29, 1.82) is 5.41 Å². The second-order valence-corrected chi connectivity index (χ2v) is 8.62. The summed E-state index contributed by atoms with van der Waals surface area (Å²) >= 11 is 6.39. The Morgan fingerprint density at radius 1 is 1.36 bits per heavy atom. The minimum atomic E-state index is -0.385. The molecule has 1 aliphatic rings. The molecule has 0 saturated heterocycles. The fourth-order valence-electron chi connectivity index (χ4n) is 3.93. The number of amides is 2. The van der Waals surface area contributed by atoms with Crippen molar-refractivity contribution in [1.82, 2.24) is 25.2 Å². The minimum absolute atomic E-state index is 0.00972. The number of hydrogen-bond acceptors (Lipinski definition) is 7. The second-order valence-electron chi connectivity index (χ2n) is 8.26. The van der Waals surface area contributed by atoms with Crippen LogP contribution in [0.5, 0.6) is 0 Å². The van der Waals surface area contributed by atoms with Crippen molar-refractivity contribution in [3.8, 4) is 0 Å². The number of nitrogens with zero attached hydrogens (tertiary/aromatic N) is 4.